The number of fused-ring (bicyclic) bond motifs is 1. The monoisotopic (exact) mass is 378 g/mol. The number of hydrogen-bond acceptors (Lipinski definition) is 8. The second-order valence-corrected chi connectivity index (χ2v) is 6.47. The Kier molecular flexibility index (Phi) is 4.45. The van der Waals surface area contributed by atoms with Gasteiger partial charge in [0.15, 0.2) is 17.3 Å². The Morgan fingerprint density at radius 1 is 1.21 bits per heavy atom. The Bertz CT molecular complexity index is 1130. The zero-order chi connectivity index (χ0) is 19.7. The standard InChI is InChI=1S/C18H18N8O2/c1-25(2)10-15(27)21-11-3-5-12(6-4-11)26-14-7-8-20-9-13(14)22-18(26)16-17(19)24-28-23-16/h3-9H,10H2,1-2H3,(H2,19,24)(H,21,27). The average molecular weight is 378 g/mol. The molecule has 10 nitrogen and oxygen atoms in total. The lowest BCUT2D eigenvalue weighted by Crippen LogP contribution is -2.27. The first kappa shape index (κ1) is 17.6. The van der Waals surface area contributed by atoms with Gasteiger partial charge in [-0.05, 0) is 54.7 Å². The first-order valence-corrected chi connectivity index (χ1v) is 8.49. The lowest BCUT2D eigenvalue weighted by Gasteiger charge is -2.12. The second kappa shape index (κ2) is 7.08. The van der Waals surface area contributed by atoms with Crippen molar-refractivity contribution in [2.24, 2.45) is 0 Å². The molecule has 0 spiro atoms. The number of carbonyl (C=O) groups excluding carboxylic acids is 1. The van der Waals surface area contributed by atoms with Crippen LogP contribution in [0.2, 0.25) is 0 Å². The number of likely N-dealkylation sites (N-methyl/N-ethyl adjacent to an activating group) is 1. The van der Waals surface area contributed by atoms with Crippen molar-refractivity contribution in [3.63, 3.8) is 0 Å². The van der Waals surface area contributed by atoms with Gasteiger partial charge >= 0.3 is 0 Å². The van der Waals surface area contributed by atoms with Gasteiger partial charge in [0.05, 0.1) is 18.3 Å². The van der Waals surface area contributed by atoms with Crippen LogP contribution >= 0.6 is 0 Å². The van der Waals surface area contributed by atoms with Gasteiger partial charge in [0.2, 0.25) is 5.91 Å². The van der Waals surface area contributed by atoms with Crippen LogP contribution in [-0.2, 0) is 4.79 Å². The topological polar surface area (TPSA) is 128 Å². The van der Waals surface area contributed by atoms with Crippen LogP contribution in [0.25, 0.3) is 28.2 Å². The molecule has 0 atom stereocenters. The first-order valence-electron chi connectivity index (χ1n) is 8.49. The van der Waals surface area contributed by atoms with E-state index in [0.29, 0.717) is 29.3 Å². The highest BCUT2D eigenvalue weighted by Crippen LogP contribution is 2.29. The molecule has 3 N–H and O–H groups in total. The van der Waals surface area contributed by atoms with E-state index in [1.165, 1.54) is 0 Å². The van der Waals surface area contributed by atoms with Crippen molar-refractivity contribution in [1.29, 1.82) is 0 Å². The quantitative estimate of drug-likeness (QED) is 0.535. The van der Waals surface area contributed by atoms with Gasteiger partial charge in [0.25, 0.3) is 0 Å². The molecule has 28 heavy (non-hydrogen) atoms. The Morgan fingerprint density at radius 2 is 2.00 bits per heavy atom. The molecular weight excluding hydrogens is 360 g/mol. The number of nitrogens with two attached hydrogens (primary N) is 1. The summed E-state index contributed by atoms with van der Waals surface area (Å²) in [6.07, 6.45) is 3.35. The fourth-order valence-corrected chi connectivity index (χ4v) is 2.88. The number of benzene rings is 1. The minimum absolute atomic E-state index is 0.0842. The van der Waals surface area contributed by atoms with Crippen molar-refractivity contribution in [3.8, 4) is 17.2 Å². The lowest BCUT2D eigenvalue weighted by atomic mass is 10.2. The van der Waals surface area contributed by atoms with Gasteiger partial charge in [0, 0.05) is 17.6 Å². The minimum Gasteiger partial charge on any atom is -0.379 e. The van der Waals surface area contributed by atoms with Crippen molar-refractivity contribution in [2.75, 3.05) is 31.7 Å². The summed E-state index contributed by atoms with van der Waals surface area (Å²) < 4.78 is 6.62. The molecule has 10 heteroatoms. The molecule has 0 aliphatic heterocycles. The fourth-order valence-electron chi connectivity index (χ4n) is 2.88. The molecule has 1 amide bonds. The number of nitrogens with one attached hydrogen (secondary N) is 1. The molecule has 3 aromatic heterocycles. The van der Waals surface area contributed by atoms with E-state index in [1.54, 1.807) is 17.3 Å². The van der Waals surface area contributed by atoms with Crippen LogP contribution in [0.5, 0.6) is 0 Å². The van der Waals surface area contributed by atoms with Gasteiger partial charge in [-0.25, -0.2) is 9.61 Å². The van der Waals surface area contributed by atoms with E-state index in [9.17, 15) is 4.79 Å². The van der Waals surface area contributed by atoms with Gasteiger partial charge in [0.1, 0.15) is 5.52 Å². The maximum atomic E-state index is 11.9. The van der Waals surface area contributed by atoms with Crippen molar-refractivity contribution in [1.82, 2.24) is 29.7 Å². The molecule has 0 radical (unpaired) electrons. The van der Waals surface area contributed by atoms with Crippen LogP contribution in [0.4, 0.5) is 11.5 Å². The molecule has 0 saturated carbocycles. The molecule has 0 aliphatic rings. The summed E-state index contributed by atoms with van der Waals surface area (Å²) in [4.78, 5) is 22.4. The Morgan fingerprint density at radius 3 is 2.68 bits per heavy atom. The molecule has 0 bridgehead atoms. The number of carbonyl (C=O) groups is 1. The van der Waals surface area contributed by atoms with E-state index in [1.807, 2.05) is 49.0 Å². The molecule has 0 saturated heterocycles. The molecule has 0 fully saturated rings. The molecule has 142 valence electrons. The van der Waals surface area contributed by atoms with Crippen molar-refractivity contribution < 1.29 is 9.42 Å². The van der Waals surface area contributed by atoms with E-state index in [-0.39, 0.29) is 11.7 Å². The largest absolute Gasteiger partial charge is 0.379 e. The Balaban J connectivity index is 1.75. The van der Waals surface area contributed by atoms with Gasteiger partial charge in [-0.1, -0.05) is 0 Å². The SMILES string of the molecule is CN(C)CC(=O)Nc1ccc(-n2c(-c3nonc3N)nc3cnccc32)cc1. The summed E-state index contributed by atoms with van der Waals surface area (Å²) in [7, 11) is 3.68. The minimum atomic E-state index is -0.0842. The molecule has 3 heterocycles. The summed E-state index contributed by atoms with van der Waals surface area (Å²) >= 11 is 0. The van der Waals surface area contributed by atoms with Gasteiger partial charge < -0.3 is 16.0 Å². The van der Waals surface area contributed by atoms with Crippen LogP contribution in [0.15, 0.2) is 47.4 Å². The van der Waals surface area contributed by atoms with E-state index in [4.69, 9.17) is 10.4 Å². The summed E-state index contributed by atoms with van der Waals surface area (Å²) in [5.41, 5.74) is 9.25. The molecule has 1 aromatic carbocycles. The summed E-state index contributed by atoms with van der Waals surface area (Å²) in [6, 6.07) is 9.25. The zero-order valence-electron chi connectivity index (χ0n) is 15.3. The maximum Gasteiger partial charge on any atom is 0.238 e. The Labute approximate surface area is 159 Å². The van der Waals surface area contributed by atoms with Crippen molar-refractivity contribution in [2.45, 2.75) is 0 Å². The van der Waals surface area contributed by atoms with E-state index < -0.39 is 0 Å². The summed E-state index contributed by atoms with van der Waals surface area (Å²) in [5, 5.41) is 10.4. The molecular formula is C18H18N8O2. The predicted octanol–water partition coefficient (Wildman–Crippen LogP) is 1.55. The van der Waals surface area contributed by atoms with E-state index in [0.717, 1.165) is 11.2 Å². The number of rotatable bonds is 5. The number of amides is 1. The van der Waals surface area contributed by atoms with Gasteiger partial charge in [-0.15, -0.1) is 0 Å². The molecule has 0 aliphatic carbocycles. The smallest absolute Gasteiger partial charge is 0.238 e. The normalized spacial score (nSPS) is 11.2. The van der Waals surface area contributed by atoms with Crippen molar-refractivity contribution >= 4 is 28.4 Å². The number of anilines is 2. The molecule has 0 unspecified atom stereocenters. The van der Waals surface area contributed by atoms with Crippen molar-refractivity contribution in [3.05, 3.63) is 42.7 Å². The highest BCUT2D eigenvalue weighted by Gasteiger charge is 2.20. The van der Waals surface area contributed by atoms with Gasteiger partial charge in [-0.2, -0.15) is 0 Å². The van der Waals surface area contributed by atoms with Crippen LogP contribution in [0, 0.1) is 0 Å². The van der Waals surface area contributed by atoms with Gasteiger partial charge in [-0.3, -0.25) is 14.3 Å². The maximum absolute atomic E-state index is 11.9. The highest BCUT2D eigenvalue weighted by atomic mass is 16.6. The molecule has 4 aromatic rings. The number of imidazole rings is 1. The van der Waals surface area contributed by atoms with E-state index >= 15 is 0 Å². The third kappa shape index (κ3) is 3.28. The third-order valence-corrected chi connectivity index (χ3v) is 4.05. The lowest BCUT2D eigenvalue weighted by molar-refractivity contribution is -0.116. The number of hydrogen-bond donors (Lipinski definition) is 2. The van der Waals surface area contributed by atoms with Crippen LogP contribution in [0.3, 0.4) is 0 Å². The number of nitrogen functional groups attached to an aromatic ring is 1. The summed E-state index contributed by atoms with van der Waals surface area (Å²) in [6.45, 7) is 0.309. The molecule has 4 rings (SSSR count). The second-order valence-electron chi connectivity index (χ2n) is 6.47. The highest BCUT2D eigenvalue weighted by molar-refractivity contribution is 5.92. The van der Waals surface area contributed by atoms with Crippen LogP contribution < -0.4 is 11.1 Å². The first-order chi connectivity index (χ1) is 13.5. The number of aromatic nitrogens is 5. The van der Waals surface area contributed by atoms with Crippen LogP contribution in [-0.4, -0.2) is 56.3 Å². The summed E-state index contributed by atoms with van der Waals surface area (Å²) in [5.74, 6) is 0.558. The van der Waals surface area contributed by atoms with E-state index in [2.05, 4.69) is 25.6 Å². The fraction of sp³-hybridized carbons (Fsp3) is 0.167. The Hall–Kier alpha value is -3.79. The average Bonchev–Trinajstić information content (AvgIpc) is 3.24. The third-order valence-electron chi connectivity index (χ3n) is 4.05. The van der Waals surface area contributed by atoms with Crippen LogP contribution in [0.1, 0.15) is 0 Å². The predicted molar refractivity (Wildman–Crippen MR) is 104 cm³/mol. The number of nitrogens with zero attached hydrogens (tertiary/aromatic N) is 6. The number of pyridine rings is 1. The zero-order valence-corrected chi connectivity index (χ0v) is 15.3.